The Morgan fingerprint density at radius 3 is 2.50 bits per heavy atom. The summed E-state index contributed by atoms with van der Waals surface area (Å²) in [5, 5.41) is 1.80. The molecule has 0 aliphatic carbocycles. The highest BCUT2D eigenvalue weighted by Gasteiger charge is 2.05. The topological polar surface area (TPSA) is 58.2 Å². The summed E-state index contributed by atoms with van der Waals surface area (Å²) >= 11 is 1.31. The number of hydrogen-bond acceptors (Lipinski definition) is 3. The van der Waals surface area contributed by atoms with Crippen molar-refractivity contribution in [3.05, 3.63) is 63.9 Å². The maximum Gasteiger partial charge on any atom is 0.279 e. The molecule has 0 spiro atoms. The van der Waals surface area contributed by atoms with Crippen molar-refractivity contribution in [2.45, 2.75) is 6.92 Å². The summed E-state index contributed by atoms with van der Waals surface area (Å²) < 4.78 is 0. The quantitative estimate of drug-likeness (QED) is 0.673. The Balaban J connectivity index is 1.83. The normalized spacial score (nSPS) is 10.4. The highest BCUT2D eigenvalue weighted by atomic mass is 32.1. The van der Waals surface area contributed by atoms with E-state index in [1.807, 2.05) is 31.2 Å². The van der Waals surface area contributed by atoms with Gasteiger partial charge < -0.3 is 0 Å². The van der Waals surface area contributed by atoms with Gasteiger partial charge in [0.15, 0.2) is 0 Å². The molecule has 2 rings (SSSR count). The summed E-state index contributed by atoms with van der Waals surface area (Å²) in [6, 6.07) is 11.2. The van der Waals surface area contributed by atoms with Gasteiger partial charge in [-0.1, -0.05) is 35.9 Å². The van der Waals surface area contributed by atoms with Gasteiger partial charge in [-0.3, -0.25) is 20.4 Å². The molecule has 0 bridgehead atoms. The van der Waals surface area contributed by atoms with E-state index in [-0.39, 0.29) is 11.8 Å². The summed E-state index contributed by atoms with van der Waals surface area (Å²) in [5.41, 5.74) is 6.77. The summed E-state index contributed by atoms with van der Waals surface area (Å²) in [6.07, 6.45) is 3.06. The van der Waals surface area contributed by atoms with E-state index in [2.05, 4.69) is 10.9 Å². The predicted octanol–water partition coefficient (Wildman–Crippen LogP) is 2.53. The number of rotatable bonds is 3. The lowest BCUT2D eigenvalue weighted by molar-refractivity contribution is -0.117. The van der Waals surface area contributed by atoms with Crippen LogP contribution in [0.2, 0.25) is 0 Å². The van der Waals surface area contributed by atoms with Gasteiger partial charge in [0.2, 0.25) is 0 Å². The van der Waals surface area contributed by atoms with Gasteiger partial charge in [0.25, 0.3) is 11.8 Å². The van der Waals surface area contributed by atoms with Crippen molar-refractivity contribution >= 4 is 29.2 Å². The molecule has 1 aromatic heterocycles. The molecule has 2 aromatic rings. The molecule has 0 aliphatic rings. The van der Waals surface area contributed by atoms with Crippen molar-refractivity contribution in [2.24, 2.45) is 0 Å². The van der Waals surface area contributed by atoms with Crippen molar-refractivity contribution in [1.82, 2.24) is 10.9 Å². The zero-order valence-corrected chi connectivity index (χ0v) is 11.7. The number of nitrogens with one attached hydrogen (secondary N) is 2. The van der Waals surface area contributed by atoms with Crippen LogP contribution in [-0.2, 0) is 4.79 Å². The summed E-state index contributed by atoms with van der Waals surface area (Å²) in [7, 11) is 0. The molecule has 0 radical (unpaired) electrons. The minimum Gasteiger partial charge on any atom is -0.268 e. The molecular weight excluding hydrogens is 272 g/mol. The smallest absolute Gasteiger partial charge is 0.268 e. The van der Waals surface area contributed by atoms with E-state index in [0.29, 0.717) is 4.88 Å². The zero-order chi connectivity index (χ0) is 14.4. The van der Waals surface area contributed by atoms with Crippen molar-refractivity contribution < 1.29 is 9.59 Å². The molecular formula is C15H14N2O2S. The van der Waals surface area contributed by atoms with Crippen LogP contribution in [0, 0.1) is 6.92 Å². The summed E-state index contributed by atoms with van der Waals surface area (Å²) in [6.45, 7) is 2.00. The number of hydrazine groups is 1. The van der Waals surface area contributed by atoms with Gasteiger partial charge in [0.1, 0.15) is 0 Å². The van der Waals surface area contributed by atoms with Crippen LogP contribution in [0.1, 0.15) is 20.8 Å². The average molecular weight is 286 g/mol. The molecule has 0 atom stereocenters. The van der Waals surface area contributed by atoms with Gasteiger partial charge in [-0.2, -0.15) is 0 Å². The molecule has 2 N–H and O–H groups in total. The number of carbonyl (C=O) groups is 2. The molecule has 1 heterocycles. The Kier molecular flexibility index (Phi) is 4.68. The minimum atomic E-state index is -0.379. The number of benzene rings is 1. The molecule has 2 amide bonds. The van der Waals surface area contributed by atoms with Gasteiger partial charge in [0.05, 0.1) is 4.88 Å². The van der Waals surface area contributed by atoms with E-state index in [0.717, 1.165) is 11.1 Å². The lowest BCUT2D eigenvalue weighted by Gasteiger charge is -2.03. The first-order valence-electron chi connectivity index (χ1n) is 6.04. The van der Waals surface area contributed by atoms with Gasteiger partial charge in [-0.15, -0.1) is 11.3 Å². The third-order valence-corrected chi connectivity index (χ3v) is 3.42. The van der Waals surface area contributed by atoms with Crippen molar-refractivity contribution in [1.29, 1.82) is 0 Å². The van der Waals surface area contributed by atoms with E-state index >= 15 is 0 Å². The summed E-state index contributed by atoms with van der Waals surface area (Å²) in [4.78, 5) is 23.7. The van der Waals surface area contributed by atoms with Crippen molar-refractivity contribution in [2.75, 3.05) is 0 Å². The van der Waals surface area contributed by atoms with Gasteiger partial charge in [-0.05, 0) is 30.0 Å². The second-order valence-corrected chi connectivity index (χ2v) is 5.11. The highest BCUT2D eigenvalue weighted by Crippen LogP contribution is 2.07. The van der Waals surface area contributed by atoms with Gasteiger partial charge in [-0.25, -0.2) is 0 Å². The fraction of sp³-hybridized carbons (Fsp3) is 0.0667. The summed E-state index contributed by atoms with van der Waals surface area (Å²) in [5.74, 6) is -0.701. The molecule has 0 aliphatic heterocycles. The van der Waals surface area contributed by atoms with E-state index < -0.39 is 0 Å². The van der Waals surface area contributed by atoms with Crippen molar-refractivity contribution in [3.63, 3.8) is 0 Å². The lowest BCUT2D eigenvalue weighted by atomic mass is 10.1. The van der Waals surface area contributed by atoms with Gasteiger partial charge in [0, 0.05) is 6.08 Å². The predicted molar refractivity (Wildman–Crippen MR) is 80.1 cm³/mol. The molecule has 4 nitrogen and oxygen atoms in total. The van der Waals surface area contributed by atoms with Crippen LogP contribution in [0.5, 0.6) is 0 Å². The van der Waals surface area contributed by atoms with E-state index in [1.165, 1.54) is 17.4 Å². The maximum absolute atomic E-state index is 11.6. The third kappa shape index (κ3) is 4.07. The number of thiophene rings is 1. The third-order valence-electron chi connectivity index (χ3n) is 2.55. The largest absolute Gasteiger partial charge is 0.279 e. The van der Waals surface area contributed by atoms with E-state index in [9.17, 15) is 9.59 Å². The Hall–Kier alpha value is -2.40. The molecule has 0 saturated carbocycles. The number of hydrogen-bond donors (Lipinski definition) is 2. The first-order chi connectivity index (χ1) is 9.65. The van der Waals surface area contributed by atoms with E-state index in [1.54, 1.807) is 23.6 Å². The van der Waals surface area contributed by atoms with Crippen LogP contribution in [-0.4, -0.2) is 11.8 Å². The first kappa shape index (κ1) is 14.0. The lowest BCUT2D eigenvalue weighted by Crippen LogP contribution is -2.40. The fourth-order valence-corrected chi connectivity index (χ4v) is 2.10. The second kappa shape index (κ2) is 6.68. The van der Waals surface area contributed by atoms with Crippen LogP contribution in [0.3, 0.4) is 0 Å². The molecule has 0 fully saturated rings. The van der Waals surface area contributed by atoms with Crippen LogP contribution < -0.4 is 10.9 Å². The number of carbonyl (C=O) groups excluding carboxylic acids is 2. The van der Waals surface area contributed by atoms with Crippen LogP contribution in [0.25, 0.3) is 6.08 Å². The SMILES string of the molecule is Cc1ccc(C=CC(=O)NNC(=O)c2cccs2)cc1. The Morgan fingerprint density at radius 2 is 1.85 bits per heavy atom. The average Bonchev–Trinajstić information content (AvgIpc) is 2.98. The van der Waals surface area contributed by atoms with E-state index in [4.69, 9.17) is 0 Å². The number of aryl methyl sites for hydroxylation is 1. The zero-order valence-electron chi connectivity index (χ0n) is 10.9. The van der Waals surface area contributed by atoms with Crippen molar-refractivity contribution in [3.8, 4) is 0 Å². The number of amides is 2. The molecule has 0 unspecified atom stereocenters. The van der Waals surface area contributed by atoms with Gasteiger partial charge >= 0.3 is 0 Å². The monoisotopic (exact) mass is 286 g/mol. The Morgan fingerprint density at radius 1 is 1.10 bits per heavy atom. The molecule has 102 valence electrons. The molecule has 0 saturated heterocycles. The first-order valence-corrected chi connectivity index (χ1v) is 6.92. The maximum atomic E-state index is 11.6. The fourth-order valence-electron chi connectivity index (χ4n) is 1.48. The molecule has 5 heteroatoms. The molecule has 20 heavy (non-hydrogen) atoms. The second-order valence-electron chi connectivity index (χ2n) is 4.16. The standard InChI is InChI=1S/C15H14N2O2S/c1-11-4-6-12(7-5-11)8-9-14(18)16-17-15(19)13-3-2-10-20-13/h2-10H,1H3,(H,16,18)(H,17,19). The minimum absolute atomic E-state index is 0.322. The Labute approximate surface area is 121 Å². The van der Waals surface area contributed by atoms with Crippen LogP contribution in [0.15, 0.2) is 47.9 Å². The highest BCUT2D eigenvalue weighted by molar-refractivity contribution is 7.12. The van der Waals surface area contributed by atoms with Crippen LogP contribution >= 0.6 is 11.3 Å². The van der Waals surface area contributed by atoms with Crippen LogP contribution in [0.4, 0.5) is 0 Å². The Bertz CT molecular complexity index is 616. The molecule has 1 aromatic carbocycles.